The van der Waals surface area contributed by atoms with Crippen molar-refractivity contribution in [2.45, 2.75) is 6.54 Å². The van der Waals surface area contributed by atoms with E-state index in [1.54, 1.807) is 24.3 Å². The number of anilines is 1. The van der Waals surface area contributed by atoms with Crippen LogP contribution in [0.5, 0.6) is 0 Å². The Balaban J connectivity index is 1.73. The molecule has 104 valence electrons. The smallest absolute Gasteiger partial charge is 0.281 e. The van der Waals surface area contributed by atoms with Gasteiger partial charge in [-0.15, -0.1) is 0 Å². The Morgan fingerprint density at radius 2 is 1.48 bits per heavy atom. The molecule has 4 heteroatoms. The van der Waals surface area contributed by atoms with E-state index < -0.39 is 0 Å². The molecule has 0 radical (unpaired) electrons. The van der Waals surface area contributed by atoms with Crippen LogP contribution in [0.15, 0.2) is 72.4 Å². The third-order valence-electron chi connectivity index (χ3n) is 3.26. The first-order chi connectivity index (χ1) is 10.3. The number of nitrogens with one attached hydrogen (secondary N) is 1. The minimum atomic E-state index is -0.318. The van der Waals surface area contributed by atoms with E-state index in [1.807, 2.05) is 36.4 Å². The van der Waals surface area contributed by atoms with E-state index in [1.165, 1.54) is 11.0 Å². The van der Waals surface area contributed by atoms with Gasteiger partial charge in [0.25, 0.3) is 11.8 Å². The first-order valence-electron chi connectivity index (χ1n) is 6.68. The highest BCUT2D eigenvalue weighted by Crippen LogP contribution is 2.21. The molecule has 1 heterocycles. The second-order valence-corrected chi connectivity index (χ2v) is 4.71. The molecule has 4 nitrogen and oxygen atoms in total. The highest BCUT2D eigenvalue weighted by molar-refractivity contribution is 6.30. The van der Waals surface area contributed by atoms with Crippen LogP contribution in [0.3, 0.4) is 0 Å². The van der Waals surface area contributed by atoms with Gasteiger partial charge in [-0.3, -0.25) is 9.59 Å². The van der Waals surface area contributed by atoms with E-state index in [0.717, 1.165) is 5.56 Å². The second-order valence-electron chi connectivity index (χ2n) is 4.71. The van der Waals surface area contributed by atoms with Crippen LogP contribution in [0, 0.1) is 0 Å². The molecule has 2 aromatic carbocycles. The third-order valence-corrected chi connectivity index (χ3v) is 3.26. The van der Waals surface area contributed by atoms with Gasteiger partial charge in [0.1, 0.15) is 5.70 Å². The van der Waals surface area contributed by atoms with E-state index in [9.17, 15) is 9.59 Å². The molecule has 0 unspecified atom stereocenters. The summed E-state index contributed by atoms with van der Waals surface area (Å²) in [5, 5.41) is 3.03. The van der Waals surface area contributed by atoms with Crippen LogP contribution in [-0.4, -0.2) is 11.8 Å². The SMILES string of the molecule is O=C1C=C(NCc2ccccc2)C(=O)N1c1ccccc1. The van der Waals surface area contributed by atoms with Crippen LogP contribution in [0.25, 0.3) is 0 Å². The fourth-order valence-corrected chi connectivity index (χ4v) is 2.21. The predicted octanol–water partition coefficient (Wildman–Crippen LogP) is 2.23. The number of amides is 2. The molecule has 1 N–H and O–H groups in total. The summed E-state index contributed by atoms with van der Waals surface area (Å²) in [6.07, 6.45) is 1.35. The number of nitrogens with zero attached hydrogens (tertiary/aromatic N) is 1. The molecule has 3 rings (SSSR count). The summed E-state index contributed by atoms with van der Waals surface area (Å²) in [6, 6.07) is 18.6. The fraction of sp³-hybridized carbons (Fsp3) is 0.0588. The first-order valence-corrected chi connectivity index (χ1v) is 6.68. The number of carbonyl (C=O) groups is 2. The van der Waals surface area contributed by atoms with E-state index in [2.05, 4.69) is 5.32 Å². The van der Waals surface area contributed by atoms with Crippen LogP contribution >= 0.6 is 0 Å². The van der Waals surface area contributed by atoms with Gasteiger partial charge in [0.15, 0.2) is 0 Å². The van der Waals surface area contributed by atoms with Crippen molar-refractivity contribution in [2.75, 3.05) is 4.90 Å². The van der Waals surface area contributed by atoms with Gasteiger partial charge < -0.3 is 5.32 Å². The van der Waals surface area contributed by atoms with Crippen molar-refractivity contribution < 1.29 is 9.59 Å². The Bertz CT molecular complexity index is 693. The van der Waals surface area contributed by atoms with E-state index in [-0.39, 0.29) is 11.8 Å². The molecule has 1 aliphatic rings. The number of imide groups is 1. The van der Waals surface area contributed by atoms with E-state index in [0.29, 0.717) is 17.9 Å². The summed E-state index contributed by atoms with van der Waals surface area (Å²) in [7, 11) is 0. The molecule has 0 saturated carbocycles. The van der Waals surface area contributed by atoms with E-state index >= 15 is 0 Å². The molecule has 0 fully saturated rings. The average Bonchev–Trinajstić information content (AvgIpc) is 2.81. The summed E-state index contributed by atoms with van der Waals surface area (Å²) >= 11 is 0. The monoisotopic (exact) mass is 278 g/mol. The van der Waals surface area contributed by atoms with Gasteiger partial charge in [-0.05, 0) is 17.7 Å². The standard InChI is InChI=1S/C17H14N2O2/c20-16-11-15(18-12-13-7-3-1-4-8-13)17(21)19(16)14-9-5-2-6-10-14/h1-11,18H,12H2. The number of carbonyl (C=O) groups excluding carboxylic acids is 2. The van der Waals surface area contributed by atoms with Crippen molar-refractivity contribution in [3.8, 4) is 0 Å². The van der Waals surface area contributed by atoms with Crippen molar-refractivity contribution in [1.29, 1.82) is 0 Å². The number of hydrogen-bond donors (Lipinski definition) is 1. The molecule has 0 bridgehead atoms. The minimum Gasteiger partial charge on any atom is -0.376 e. The van der Waals surface area contributed by atoms with Crippen molar-refractivity contribution >= 4 is 17.5 Å². The van der Waals surface area contributed by atoms with Gasteiger partial charge in [0, 0.05) is 12.6 Å². The van der Waals surface area contributed by atoms with Gasteiger partial charge >= 0.3 is 0 Å². The van der Waals surface area contributed by atoms with Gasteiger partial charge in [-0.1, -0.05) is 48.5 Å². The molecular weight excluding hydrogens is 264 g/mol. The highest BCUT2D eigenvalue weighted by Gasteiger charge is 2.31. The molecule has 0 atom stereocenters. The van der Waals surface area contributed by atoms with Crippen LogP contribution in [-0.2, 0) is 16.1 Å². The summed E-state index contributed by atoms with van der Waals surface area (Å²) in [5.41, 5.74) is 1.96. The van der Waals surface area contributed by atoms with Crippen LogP contribution in [0.1, 0.15) is 5.56 Å². The zero-order chi connectivity index (χ0) is 14.7. The van der Waals surface area contributed by atoms with Gasteiger partial charge in [0.2, 0.25) is 0 Å². The lowest BCUT2D eigenvalue weighted by Gasteiger charge is -2.15. The quantitative estimate of drug-likeness (QED) is 0.873. The molecule has 0 aromatic heterocycles. The average molecular weight is 278 g/mol. The maximum atomic E-state index is 12.3. The van der Waals surface area contributed by atoms with Crippen molar-refractivity contribution in [2.24, 2.45) is 0 Å². The van der Waals surface area contributed by atoms with Crippen molar-refractivity contribution in [3.63, 3.8) is 0 Å². The second kappa shape index (κ2) is 5.63. The van der Waals surface area contributed by atoms with Crippen LogP contribution in [0.2, 0.25) is 0 Å². The van der Waals surface area contributed by atoms with Crippen LogP contribution < -0.4 is 10.2 Å². The summed E-state index contributed by atoms with van der Waals surface area (Å²) in [5.74, 6) is -0.635. The molecule has 1 aliphatic heterocycles. The predicted molar refractivity (Wildman–Crippen MR) is 80.3 cm³/mol. The maximum absolute atomic E-state index is 12.3. The Morgan fingerprint density at radius 1 is 0.857 bits per heavy atom. The Kier molecular flexibility index (Phi) is 3.51. The third kappa shape index (κ3) is 2.69. The lowest BCUT2D eigenvalue weighted by atomic mass is 10.2. The maximum Gasteiger partial charge on any atom is 0.281 e. The zero-order valence-electron chi connectivity index (χ0n) is 11.3. The van der Waals surface area contributed by atoms with E-state index in [4.69, 9.17) is 0 Å². The normalized spacial score (nSPS) is 14.3. The fourth-order valence-electron chi connectivity index (χ4n) is 2.21. The molecular formula is C17H14N2O2. The van der Waals surface area contributed by atoms with Gasteiger partial charge in [-0.25, -0.2) is 4.90 Å². The van der Waals surface area contributed by atoms with Gasteiger partial charge in [-0.2, -0.15) is 0 Å². The Morgan fingerprint density at radius 3 is 2.14 bits per heavy atom. The molecule has 0 saturated heterocycles. The first kappa shape index (κ1) is 13.1. The Hall–Kier alpha value is -2.88. The zero-order valence-corrected chi connectivity index (χ0v) is 11.3. The minimum absolute atomic E-state index is 0.317. The highest BCUT2D eigenvalue weighted by atomic mass is 16.2. The van der Waals surface area contributed by atoms with Crippen LogP contribution in [0.4, 0.5) is 5.69 Å². The molecule has 0 aliphatic carbocycles. The lowest BCUT2D eigenvalue weighted by molar-refractivity contribution is -0.120. The number of benzene rings is 2. The summed E-state index contributed by atoms with van der Waals surface area (Å²) in [4.78, 5) is 25.5. The molecule has 2 amide bonds. The topological polar surface area (TPSA) is 49.4 Å². The molecule has 21 heavy (non-hydrogen) atoms. The number of para-hydroxylation sites is 1. The van der Waals surface area contributed by atoms with Crippen molar-refractivity contribution in [3.05, 3.63) is 78.0 Å². The summed E-state index contributed by atoms with van der Waals surface area (Å²) < 4.78 is 0. The molecule has 2 aromatic rings. The number of rotatable bonds is 4. The molecule has 0 spiro atoms. The largest absolute Gasteiger partial charge is 0.376 e. The van der Waals surface area contributed by atoms with Gasteiger partial charge in [0.05, 0.1) is 5.69 Å². The summed E-state index contributed by atoms with van der Waals surface area (Å²) in [6.45, 7) is 0.508. The lowest BCUT2D eigenvalue weighted by Crippen LogP contribution is -2.33. The number of hydrogen-bond acceptors (Lipinski definition) is 3. The Labute approximate surface area is 122 Å². The van der Waals surface area contributed by atoms with Crippen molar-refractivity contribution in [1.82, 2.24) is 5.32 Å².